The molecule has 0 amide bonds. The van der Waals surface area contributed by atoms with Crippen molar-refractivity contribution >= 4 is 11.6 Å². The minimum absolute atomic E-state index is 0.334. The highest BCUT2D eigenvalue weighted by Crippen LogP contribution is 2.48. The lowest BCUT2D eigenvalue weighted by Gasteiger charge is -2.42. The molecule has 0 aromatic carbocycles. The molecular weight excluding hydrogens is 282 g/mol. The Hall–Kier alpha value is -0.540. The molecule has 0 bridgehead atoms. The van der Waals surface area contributed by atoms with Crippen LogP contribution in [0.5, 0.6) is 0 Å². The maximum atomic E-state index is 6.48. The molecule has 0 saturated heterocycles. The number of hydrogen-bond acceptors (Lipinski definition) is 2. The van der Waals surface area contributed by atoms with Crippen molar-refractivity contribution in [1.29, 1.82) is 0 Å². The summed E-state index contributed by atoms with van der Waals surface area (Å²) >= 11 is 6.48. The van der Waals surface area contributed by atoms with Gasteiger partial charge < -0.3 is 5.73 Å². The highest BCUT2D eigenvalue weighted by Gasteiger charge is 2.38. The van der Waals surface area contributed by atoms with E-state index in [1.807, 2.05) is 0 Å². The fraction of sp³-hybridized carbons (Fsp3) is 0.824. The third-order valence-electron chi connectivity index (χ3n) is 5.15. The van der Waals surface area contributed by atoms with Crippen LogP contribution in [0.3, 0.4) is 0 Å². The summed E-state index contributed by atoms with van der Waals surface area (Å²) in [7, 11) is 0. The van der Waals surface area contributed by atoms with Gasteiger partial charge in [-0.1, -0.05) is 32.4 Å². The molecule has 120 valence electrons. The summed E-state index contributed by atoms with van der Waals surface area (Å²) in [5.41, 5.74) is 7.60. The van der Waals surface area contributed by atoms with Crippen LogP contribution in [0, 0.1) is 17.3 Å². The van der Waals surface area contributed by atoms with Crippen LogP contribution in [-0.4, -0.2) is 16.3 Å². The zero-order valence-electron chi connectivity index (χ0n) is 14.1. The molecule has 1 fully saturated rings. The number of rotatable bonds is 3. The van der Waals surface area contributed by atoms with Crippen LogP contribution in [0.2, 0.25) is 5.02 Å². The predicted octanol–water partition coefficient (Wildman–Crippen LogP) is 4.62. The van der Waals surface area contributed by atoms with E-state index in [0.29, 0.717) is 23.3 Å². The summed E-state index contributed by atoms with van der Waals surface area (Å²) in [6.07, 6.45) is 5.44. The molecule has 21 heavy (non-hydrogen) atoms. The van der Waals surface area contributed by atoms with Gasteiger partial charge in [0.15, 0.2) is 0 Å². The van der Waals surface area contributed by atoms with Crippen LogP contribution in [0.4, 0.5) is 0 Å². The molecule has 1 aromatic heterocycles. The third kappa shape index (κ3) is 3.45. The van der Waals surface area contributed by atoms with E-state index in [9.17, 15) is 0 Å². The molecule has 0 aliphatic heterocycles. The lowest BCUT2D eigenvalue weighted by molar-refractivity contribution is 0.129. The molecule has 1 aliphatic rings. The first-order valence-corrected chi connectivity index (χ1v) is 8.56. The molecule has 3 atom stereocenters. The average molecular weight is 312 g/mol. The Kier molecular flexibility index (Phi) is 5.04. The minimum atomic E-state index is 0.334. The highest BCUT2D eigenvalue weighted by atomic mass is 35.5. The van der Waals surface area contributed by atoms with Crippen molar-refractivity contribution in [3.8, 4) is 0 Å². The molecular formula is C17H30ClN3. The Morgan fingerprint density at radius 3 is 2.57 bits per heavy atom. The summed E-state index contributed by atoms with van der Waals surface area (Å²) in [6, 6.07) is 0.334. The topological polar surface area (TPSA) is 43.8 Å². The van der Waals surface area contributed by atoms with Gasteiger partial charge in [-0.15, -0.1) is 0 Å². The molecule has 1 aliphatic carbocycles. The van der Waals surface area contributed by atoms with Crippen LogP contribution in [0.1, 0.15) is 71.5 Å². The maximum absolute atomic E-state index is 6.48. The van der Waals surface area contributed by atoms with Gasteiger partial charge in [0.05, 0.1) is 16.9 Å². The van der Waals surface area contributed by atoms with Gasteiger partial charge in [-0.05, 0) is 56.9 Å². The normalized spacial score (nSPS) is 27.3. The Morgan fingerprint density at radius 2 is 2.05 bits per heavy atom. The van der Waals surface area contributed by atoms with Gasteiger partial charge in [-0.2, -0.15) is 5.10 Å². The Bertz CT molecular complexity index is 473. The van der Waals surface area contributed by atoms with Crippen molar-refractivity contribution in [2.24, 2.45) is 23.0 Å². The van der Waals surface area contributed by atoms with E-state index in [-0.39, 0.29) is 0 Å². The Balaban J connectivity index is 2.36. The molecule has 3 nitrogen and oxygen atoms in total. The van der Waals surface area contributed by atoms with E-state index in [0.717, 1.165) is 17.5 Å². The monoisotopic (exact) mass is 311 g/mol. The number of hydrogen-bond donors (Lipinski definition) is 1. The van der Waals surface area contributed by atoms with Crippen molar-refractivity contribution in [1.82, 2.24) is 9.78 Å². The fourth-order valence-electron chi connectivity index (χ4n) is 3.75. The number of aromatic nitrogens is 2. The third-order valence-corrected chi connectivity index (χ3v) is 5.44. The summed E-state index contributed by atoms with van der Waals surface area (Å²) in [5.74, 6) is 1.68. The largest absolute Gasteiger partial charge is 0.330 e. The van der Waals surface area contributed by atoms with Gasteiger partial charge in [0, 0.05) is 12.0 Å². The van der Waals surface area contributed by atoms with Gasteiger partial charge in [-0.3, -0.25) is 4.68 Å². The molecule has 3 unspecified atom stereocenters. The minimum Gasteiger partial charge on any atom is -0.330 e. The summed E-state index contributed by atoms with van der Waals surface area (Å²) < 4.78 is 2.10. The summed E-state index contributed by atoms with van der Waals surface area (Å²) in [5, 5.41) is 5.30. The lowest BCUT2D eigenvalue weighted by atomic mass is 9.64. The van der Waals surface area contributed by atoms with E-state index >= 15 is 0 Å². The smallest absolute Gasteiger partial charge is 0.0820 e. The summed E-state index contributed by atoms with van der Waals surface area (Å²) in [6.45, 7) is 12.1. The molecule has 2 rings (SSSR count). The Labute approximate surface area is 134 Å². The number of halogens is 1. The van der Waals surface area contributed by atoms with Crippen LogP contribution >= 0.6 is 11.6 Å². The highest BCUT2D eigenvalue weighted by molar-refractivity contribution is 6.31. The number of nitrogens with zero attached hydrogens (tertiary/aromatic N) is 2. The van der Waals surface area contributed by atoms with Gasteiger partial charge in [-0.25, -0.2) is 0 Å². The zero-order chi connectivity index (χ0) is 15.8. The van der Waals surface area contributed by atoms with E-state index in [1.54, 1.807) is 6.20 Å². The molecule has 1 heterocycles. The van der Waals surface area contributed by atoms with E-state index in [2.05, 4.69) is 44.4 Å². The second kappa shape index (κ2) is 6.29. The first-order valence-electron chi connectivity index (χ1n) is 8.18. The molecule has 0 radical (unpaired) electrons. The van der Waals surface area contributed by atoms with Crippen molar-refractivity contribution in [3.05, 3.63) is 16.9 Å². The molecule has 1 saturated carbocycles. The Morgan fingerprint density at radius 1 is 1.38 bits per heavy atom. The van der Waals surface area contributed by atoms with Gasteiger partial charge in [0.25, 0.3) is 0 Å². The van der Waals surface area contributed by atoms with E-state index < -0.39 is 0 Å². The molecule has 1 aromatic rings. The van der Waals surface area contributed by atoms with Gasteiger partial charge in [0.2, 0.25) is 0 Å². The lowest BCUT2D eigenvalue weighted by Crippen LogP contribution is -2.35. The van der Waals surface area contributed by atoms with Crippen molar-refractivity contribution in [3.63, 3.8) is 0 Å². The quantitative estimate of drug-likeness (QED) is 0.885. The average Bonchev–Trinajstić information content (AvgIpc) is 2.78. The van der Waals surface area contributed by atoms with Crippen LogP contribution < -0.4 is 5.73 Å². The van der Waals surface area contributed by atoms with E-state index in [1.165, 1.54) is 25.0 Å². The first-order chi connectivity index (χ1) is 9.75. The van der Waals surface area contributed by atoms with Crippen molar-refractivity contribution in [2.75, 3.05) is 6.54 Å². The van der Waals surface area contributed by atoms with Crippen molar-refractivity contribution in [2.45, 2.75) is 65.8 Å². The molecule has 4 heteroatoms. The predicted molar refractivity (Wildman–Crippen MR) is 89.7 cm³/mol. The second-order valence-electron chi connectivity index (χ2n) is 7.89. The molecule has 2 N–H and O–H groups in total. The zero-order valence-corrected chi connectivity index (χ0v) is 14.8. The number of nitrogens with two attached hydrogens (primary N) is 1. The van der Waals surface area contributed by atoms with Gasteiger partial charge >= 0.3 is 0 Å². The fourth-order valence-corrected chi connectivity index (χ4v) is 4.02. The van der Waals surface area contributed by atoms with E-state index in [4.69, 9.17) is 17.3 Å². The first kappa shape index (κ1) is 16.8. The standard InChI is InChI=1S/C17H30ClN3/c1-11(2)21-16(15(18)10-20-21)14-8-13(17(3,4)5)7-6-12(14)9-19/h10-14H,6-9,19H2,1-5H3. The van der Waals surface area contributed by atoms with Crippen LogP contribution in [0.25, 0.3) is 0 Å². The van der Waals surface area contributed by atoms with Crippen LogP contribution in [-0.2, 0) is 0 Å². The SMILES string of the molecule is CC(C)n1ncc(Cl)c1C1CC(C(C)(C)C)CCC1CN. The van der Waals surface area contributed by atoms with Crippen molar-refractivity contribution < 1.29 is 0 Å². The second-order valence-corrected chi connectivity index (χ2v) is 8.30. The maximum Gasteiger partial charge on any atom is 0.0820 e. The molecule has 0 spiro atoms. The van der Waals surface area contributed by atoms with Crippen LogP contribution in [0.15, 0.2) is 6.20 Å². The summed E-state index contributed by atoms with van der Waals surface area (Å²) in [4.78, 5) is 0. The van der Waals surface area contributed by atoms with Gasteiger partial charge in [0.1, 0.15) is 0 Å².